The predicted molar refractivity (Wildman–Crippen MR) is 68.1 cm³/mol. The van der Waals surface area contributed by atoms with Crippen molar-refractivity contribution in [2.75, 3.05) is 0 Å². The van der Waals surface area contributed by atoms with Crippen LogP contribution in [-0.4, -0.2) is 48.3 Å². The van der Waals surface area contributed by atoms with Crippen LogP contribution >= 0.6 is 0 Å². The summed E-state index contributed by atoms with van der Waals surface area (Å²) in [4.78, 5) is 0. The summed E-state index contributed by atoms with van der Waals surface area (Å²) in [5.41, 5.74) is 0. The van der Waals surface area contributed by atoms with Crippen LogP contribution in [0.2, 0.25) is 0 Å². The molecular formula is C12H13F12KO3S. The second kappa shape index (κ2) is 10.5. The summed E-state index contributed by atoms with van der Waals surface area (Å²) >= 11 is 0. The van der Waals surface area contributed by atoms with Crippen molar-refractivity contribution < 1.29 is 117 Å². The van der Waals surface area contributed by atoms with Gasteiger partial charge in [0.15, 0.2) is 16.3 Å². The van der Waals surface area contributed by atoms with Crippen LogP contribution in [-0.2, 0) is 10.1 Å². The van der Waals surface area contributed by atoms with Gasteiger partial charge in [0.1, 0.15) is 0 Å². The van der Waals surface area contributed by atoms with E-state index in [1.54, 1.807) is 0 Å². The van der Waals surface area contributed by atoms with E-state index in [0.29, 0.717) is 0 Å². The Hall–Kier alpha value is 0.706. The molecule has 17 heteroatoms. The van der Waals surface area contributed by atoms with Crippen molar-refractivity contribution >= 4 is 10.1 Å². The van der Waals surface area contributed by atoms with E-state index < -0.39 is 77.6 Å². The summed E-state index contributed by atoms with van der Waals surface area (Å²) in [5, 5.41) is -7.18. The van der Waals surface area contributed by atoms with Gasteiger partial charge in [0.05, 0.1) is 0 Å². The van der Waals surface area contributed by atoms with Crippen molar-refractivity contribution in [1.82, 2.24) is 0 Å². The SMILES string of the molecule is O=S(=O)([O-])C(F)(F)C(F)(F)C(F)(F)C(F)(F)C(F)CCCCCCC(F)(F)F.[K+]. The molecule has 1 atom stereocenters. The zero-order valence-corrected chi connectivity index (χ0v) is 18.4. The predicted octanol–water partition coefficient (Wildman–Crippen LogP) is 2.28. The maximum Gasteiger partial charge on any atom is 1.00 e. The van der Waals surface area contributed by atoms with E-state index in [2.05, 4.69) is 0 Å². The zero-order valence-electron chi connectivity index (χ0n) is 14.5. The minimum atomic E-state index is -7.53. The molecule has 0 aliphatic rings. The van der Waals surface area contributed by atoms with E-state index in [9.17, 15) is 65.7 Å². The summed E-state index contributed by atoms with van der Waals surface area (Å²) in [5.74, 6) is -21.3. The average molecular weight is 504 g/mol. The van der Waals surface area contributed by atoms with E-state index in [1.165, 1.54) is 0 Å². The first kappa shape index (κ1) is 31.9. The van der Waals surface area contributed by atoms with Crippen molar-refractivity contribution in [2.24, 2.45) is 0 Å². The van der Waals surface area contributed by atoms with E-state index in [0.717, 1.165) is 0 Å². The van der Waals surface area contributed by atoms with Gasteiger partial charge in [0, 0.05) is 6.42 Å². The summed E-state index contributed by atoms with van der Waals surface area (Å²) in [6, 6.07) is 0. The zero-order chi connectivity index (χ0) is 22.8. The van der Waals surface area contributed by atoms with Gasteiger partial charge in [-0.2, -0.15) is 48.3 Å². The number of halogens is 12. The average Bonchev–Trinajstić information content (AvgIpc) is 2.47. The molecule has 0 heterocycles. The molecule has 0 spiro atoms. The minimum Gasteiger partial charge on any atom is -0.743 e. The first-order valence-electron chi connectivity index (χ1n) is 7.30. The van der Waals surface area contributed by atoms with Gasteiger partial charge < -0.3 is 4.55 Å². The molecule has 29 heavy (non-hydrogen) atoms. The Morgan fingerprint density at radius 1 is 0.724 bits per heavy atom. The Labute approximate surface area is 199 Å². The maximum atomic E-state index is 13.4. The van der Waals surface area contributed by atoms with Gasteiger partial charge in [-0.1, -0.05) is 19.3 Å². The Morgan fingerprint density at radius 2 is 1.14 bits per heavy atom. The molecular weight excluding hydrogens is 491 g/mol. The summed E-state index contributed by atoms with van der Waals surface area (Å²) in [7, 11) is -7.53. The number of hydrogen-bond acceptors (Lipinski definition) is 3. The van der Waals surface area contributed by atoms with Crippen LogP contribution in [0.5, 0.6) is 0 Å². The molecule has 0 N–H and O–H groups in total. The fraction of sp³-hybridized carbons (Fsp3) is 1.00. The summed E-state index contributed by atoms with van der Waals surface area (Å²) < 4.78 is 184. The molecule has 0 rings (SSSR count). The minimum absolute atomic E-state index is 0. The Morgan fingerprint density at radius 3 is 1.52 bits per heavy atom. The molecule has 0 radical (unpaired) electrons. The van der Waals surface area contributed by atoms with Gasteiger partial charge in [-0.15, -0.1) is 0 Å². The third kappa shape index (κ3) is 7.37. The van der Waals surface area contributed by atoms with E-state index in [4.69, 9.17) is 0 Å². The Kier molecular flexibility index (Phi) is 11.6. The van der Waals surface area contributed by atoms with Crippen LogP contribution < -0.4 is 51.4 Å². The number of unbranched alkanes of at least 4 members (excludes halogenated alkanes) is 3. The molecule has 0 fully saturated rings. The van der Waals surface area contributed by atoms with Gasteiger partial charge in [-0.05, 0) is 12.8 Å². The van der Waals surface area contributed by atoms with Crippen molar-refractivity contribution in [3.05, 3.63) is 0 Å². The number of rotatable bonds is 11. The molecule has 0 aliphatic heterocycles. The molecule has 3 nitrogen and oxygen atoms in total. The molecule has 0 aromatic rings. The van der Waals surface area contributed by atoms with Crippen molar-refractivity contribution in [3.8, 4) is 0 Å². The van der Waals surface area contributed by atoms with Gasteiger partial charge in [-0.25, -0.2) is 12.8 Å². The van der Waals surface area contributed by atoms with Crippen LogP contribution in [0.15, 0.2) is 0 Å². The number of alkyl halides is 12. The molecule has 1 unspecified atom stereocenters. The Balaban J connectivity index is 0. The van der Waals surface area contributed by atoms with Crippen molar-refractivity contribution in [3.63, 3.8) is 0 Å². The smallest absolute Gasteiger partial charge is 0.743 e. The molecule has 0 amide bonds. The molecule has 0 saturated heterocycles. The van der Waals surface area contributed by atoms with Crippen molar-refractivity contribution in [1.29, 1.82) is 0 Å². The fourth-order valence-corrected chi connectivity index (χ4v) is 2.37. The number of hydrogen-bond donors (Lipinski definition) is 0. The van der Waals surface area contributed by atoms with E-state index in [1.807, 2.05) is 0 Å². The van der Waals surface area contributed by atoms with Gasteiger partial charge >= 0.3 is 80.6 Å². The first-order valence-corrected chi connectivity index (χ1v) is 8.71. The second-order valence-electron chi connectivity index (χ2n) is 5.78. The topological polar surface area (TPSA) is 57.2 Å². The largest absolute Gasteiger partial charge is 1.00 e. The van der Waals surface area contributed by atoms with Crippen LogP contribution in [0.4, 0.5) is 52.7 Å². The summed E-state index contributed by atoms with van der Waals surface area (Å²) in [6.07, 6.45) is -13.6. The molecule has 0 aliphatic carbocycles. The van der Waals surface area contributed by atoms with Crippen LogP contribution in [0, 0.1) is 0 Å². The van der Waals surface area contributed by atoms with Crippen LogP contribution in [0.25, 0.3) is 0 Å². The fourth-order valence-electron chi connectivity index (χ4n) is 1.93. The first-order chi connectivity index (χ1) is 12.1. The Bertz CT molecular complexity index is 620. The second-order valence-corrected chi connectivity index (χ2v) is 7.20. The normalized spacial score (nSPS) is 15.8. The van der Waals surface area contributed by atoms with Gasteiger partial charge in [-0.3, -0.25) is 0 Å². The van der Waals surface area contributed by atoms with Crippen molar-refractivity contribution in [2.45, 2.75) is 73.9 Å². The molecule has 0 saturated carbocycles. The third-order valence-electron chi connectivity index (χ3n) is 3.55. The van der Waals surface area contributed by atoms with Gasteiger partial charge in [0.2, 0.25) is 0 Å². The maximum absolute atomic E-state index is 13.4. The molecule has 0 bridgehead atoms. The quantitative estimate of drug-likeness (QED) is 0.188. The third-order valence-corrected chi connectivity index (χ3v) is 4.44. The standard InChI is InChI=1S/C12H14F12O3S.K/c13-7(5-3-1-2-4-6-8(14,15)16)9(17,18)10(19,20)11(21,22)12(23,24)28(25,26)27;/h7H,1-6H2,(H,25,26,27);/q;+1/p-1. The monoisotopic (exact) mass is 504 g/mol. The van der Waals surface area contributed by atoms with Crippen LogP contribution in [0.3, 0.4) is 0 Å². The van der Waals surface area contributed by atoms with E-state index >= 15 is 0 Å². The summed E-state index contributed by atoms with van der Waals surface area (Å²) in [6.45, 7) is 0. The van der Waals surface area contributed by atoms with Crippen LogP contribution in [0.1, 0.15) is 38.5 Å². The van der Waals surface area contributed by atoms with Gasteiger partial charge in [0.25, 0.3) is 0 Å². The van der Waals surface area contributed by atoms with E-state index in [-0.39, 0.29) is 57.8 Å². The molecule has 170 valence electrons. The molecule has 0 aromatic heterocycles. The molecule has 0 aromatic carbocycles.